The van der Waals surface area contributed by atoms with Crippen LogP contribution in [0.3, 0.4) is 0 Å². The van der Waals surface area contributed by atoms with Crippen LogP contribution in [0.25, 0.3) is 0 Å². The fourth-order valence-electron chi connectivity index (χ4n) is 4.21. The normalized spacial score (nSPS) is 14.3. The lowest BCUT2D eigenvalue weighted by molar-refractivity contribution is 0.102. The molecule has 0 spiro atoms. The van der Waals surface area contributed by atoms with Crippen molar-refractivity contribution in [3.63, 3.8) is 0 Å². The maximum Gasteiger partial charge on any atom is 0.364 e. The van der Waals surface area contributed by atoms with Crippen LogP contribution in [-0.4, -0.2) is 30.6 Å². The van der Waals surface area contributed by atoms with Crippen molar-refractivity contribution in [2.24, 2.45) is 5.92 Å². The molecule has 0 radical (unpaired) electrons. The van der Waals surface area contributed by atoms with Crippen molar-refractivity contribution in [1.29, 1.82) is 0 Å². The van der Waals surface area contributed by atoms with Crippen LogP contribution in [-0.2, 0) is 10.3 Å². The molecule has 0 aliphatic heterocycles. The van der Waals surface area contributed by atoms with Gasteiger partial charge in [-0.05, 0) is 85.5 Å². The van der Waals surface area contributed by atoms with Gasteiger partial charge < -0.3 is 15.2 Å². The number of ether oxygens (including phenoxy) is 1. The Labute approximate surface area is 209 Å². The molecule has 3 N–H and O–H groups in total. The van der Waals surface area contributed by atoms with Crippen molar-refractivity contribution in [2.45, 2.75) is 32.1 Å². The van der Waals surface area contributed by atoms with Crippen LogP contribution in [0.5, 0.6) is 11.5 Å². The Balaban J connectivity index is 1.48. The first-order chi connectivity index (χ1) is 17.2. The molecule has 190 valence electrons. The molecular formula is C26H27FN2O6S. The van der Waals surface area contributed by atoms with Crippen LogP contribution < -0.4 is 14.4 Å². The molecule has 0 heterocycles. The summed E-state index contributed by atoms with van der Waals surface area (Å²) in [6.45, 7) is 0.653. The monoisotopic (exact) mass is 514 g/mol. The summed E-state index contributed by atoms with van der Waals surface area (Å²) in [6, 6.07) is 14.7. The number of phenolic OH excluding ortho intramolecular Hbond substituents is 1. The molecule has 1 aliphatic rings. The number of rotatable bonds is 8. The highest BCUT2D eigenvalue weighted by Crippen LogP contribution is 2.37. The Morgan fingerprint density at radius 2 is 1.67 bits per heavy atom. The van der Waals surface area contributed by atoms with E-state index in [1.807, 2.05) is 0 Å². The third-order valence-electron chi connectivity index (χ3n) is 6.07. The van der Waals surface area contributed by atoms with Gasteiger partial charge in [0.25, 0.3) is 5.91 Å². The Kier molecular flexibility index (Phi) is 7.76. The highest BCUT2D eigenvalue weighted by molar-refractivity contribution is 7.87. The molecule has 1 fully saturated rings. The summed E-state index contributed by atoms with van der Waals surface area (Å²) in [7, 11) is -4.90. The van der Waals surface area contributed by atoms with Crippen molar-refractivity contribution in [1.82, 2.24) is 0 Å². The second-order valence-corrected chi connectivity index (χ2v) is 9.98. The van der Waals surface area contributed by atoms with Gasteiger partial charge in [-0.15, -0.1) is 0 Å². The molecule has 4 rings (SSSR count). The van der Waals surface area contributed by atoms with Crippen LogP contribution in [0.1, 0.15) is 42.5 Å². The topological polar surface area (TPSA) is 116 Å². The molecule has 1 saturated carbocycles. The van der Waals surface area contributed by atoms with E-state index in [1.165, 1.54) is 50.3 Å². The van der Waals surface area contributed by atoms with E-state index in [1.54, 1.807) is 24.3 Å². The van der Waals surface area contributed by atoms with Crippen LogP contribution in [0.2, 0.25) is 0 Å². The molecule has 1 aliphatic carbocycles. The molecular weight excluding hydrogens is 487 g/mol. The molecule has 0 bridgehead atoms. The number of halogens is 1. The Hall–Kier alpha value is -3.63. The summed E-state index contributed by atoms with van der Waals surface area (Å²) in [5.74, 6) is -0.320. The van der Waals surface area contributed by atoms with E-state index in [4.69, 9.17) is 4.74 Å². The van der Waals surface area contributed by atoms with E-state index in [2.05, 4.69) is 5.32 Å². The van der Waals surface area contributed by atoms with E-state index >= 15 is 0 Å². The Bertz CT molecular complexity index is 1310. The Morgan fingerprint density at radius 3 is 2.31 bits per heavy atom. The SMILES string of the molecule is O=C(Nc1ccc(O)c(N(c2ccc(F)cc2)S(=O)(=O)O)c1)c1ccc(OCC2CCCCC2)cc1. The minimum atomic E-state index is -4.90. The third-order valence-corrected chi connectivity index (χ3v) is 6.94. The van der Waals surface area contributed by atoms with E-state index in [0.29, 0.717) is 28.1 Å². The highest BCUT2D eigenvalue weighted by Gasteiger charge is 2.25. The van der Waals surface area contributed by atoms with Gasteiger partial charge in [0, 0.05) is 11.3 Å². The summed E-state index contributed by atoms with van der Waals surface area (Å²) in [6.07, 6.45) is 6.09. The second kappa shape index (κ2) is 11.0. The number of benzene rings is 3. The fourth-order valence-corrected chi connectivity index (χ4v) is 4.99. The summed E-state index contributed by atoms with van der Waals surface area (Å²) in [4.78, 5) is 12.8. The van der Waals surface area contributed by atoms with Crippen LogP contribution in [0.4, 0.5) is 21.5 Å². The minimum absolute atomic E-state index is 0.110. The molecule has 0 atom stereocenters. The average Bonchev–Trinajstić information content (AvgIpc) is 2.86. The van der Waals surface area contributed by atoms with Gasteiger partial charge in [0.15, 0.2) is 0 Å². The first-order valence-electron chi connectivity index (χ1n) is 11.6. The molecule has 3 aromatic carbocycles. The average molecular weight is 515 g/mol. The molecule has 10 heteroatoms. The third kappa shape index (κ3) is 6.32. The number of anilines is 3. The van der Waals surface area contributed by atoms with Gasteiger partial charge in [-0.3, -0.25) is 9.35 Å². The van der Waals surface area contributed by atoms with Gasteiger partial charge in [-0.2, -0.15) is 8.42 Å². The van der Waals surface area contributed by atoms with Gasteiger partial charge >= 0.3 is 10.3 Å². The summed E-state index contributed by atoms with van der Waals surface area (Å²) in [5.41, 5.74) is 0.0795. The van der Waals surface area contributed by atoms with Crippen LogP contribution >= 0.6 is 0 Å². The van der Waals surface area contributed by atoms with Crippen LogP contribution in [0.15, 0.2) is 66.7 Å². The lowest BCUT2D eigenvalue weighted by Gasteiger charge is -2.22. The van der Waals surface area contributed by atoms with Crippen molar-refractivity contribution >= 4 is 33.3 Å². The number of carbonyl (C=O) groups is 1. The second-order valence-electron chi connectivity index (χ2n) is 8.72. The van der Waals surface area contributed by atoms with E-state index in [-0.39, 0.29) is 17.1 Å². The lowest BCUT2D eigenvalue weighted by Crippen LogP contribution is -2.25. The Morgan fingerprint density at radius 1 is 1.00 bits per heavy atom. The van der Waals surface area contributed by atoms with Gasteiger partial charge in [-0.25, -0.2) is 8.70 Å². The number of hydrogen-bond donors (Lipinski definition) is 3. The largest absolute Gasteiger partial charge is 0.506 e. The zero-order valence-electron chi connectivity index (χ0n) is 19.4. The van der Waals surface area contributed by atoms with Crippen molar-refractivity contribution in [2.75, 3.05) is 16.2 Å². The van der Waals surface area contributed by atoms with Crippen molar-refractivity contribution < 1.29 is 32.0 Å². The predicted octanol–water partition coefficient (Wildman–Crippen LogP) is 5.68. The first-order valence-corrected chi connectivity index (χ1v) is 13.0. The number of phenols is 1. The number of nitrogens with one attached hydrogen (secondary N) is 1. The van der Waals surface area contributed by atoms with E-state index in [9.17, 15) is 27.3 Å². The zero-order chi connectivity index (χ0) is 25.7. The summed E-state index contributed by atoms with van der Waals surface area (Å²) >= 11 is 0. The van der Waals surface area contributed by atoms with Gasteiger partial charge in [-0.1, -0.05) is 19.3 Å². The standard InChI is InChI=1S/C26H27FN2O6S/c27-20-8-11-22(12-9-20)29(36(32,33)34)24-16-21(10-15-25(24)30)28-26(31)19-6-13-23(14-7-19)35-17-18-4-2-1-3-5-18/h6-16,18,30H,1-5,17H2,(H,28,31)(H,32,33,34). The number of hydrogen-bond acceptors (Lipinski definition) is 5. The maximum atomic E-state index is 13.3. The molecule has 0 unspecified atom stereocenters. The van der Waals surface area contributed by atoms with Gasteiger partial charge in [0.05, 0.1) is 12.3 Å². The zero-order valence-corrected chi connectivity index (χ0v) is 20.2. The molecule has 0 aromatic heterocycles. The predicted molar refractivity (Wildman–Crippen MR) is 135 cm³/mol. The number of amides is 1. The summed E-state index contributed by atoms with van der Waals surface area (Å²) < 4.78 is 53.6. The van der Waals surface area contributed by atoms with E-state index in [0.717, 1.165) is 24.3 Å². The van der Waals surface area contributed by atoms with Gasteiger partial charge in [0.2, 0.25) is 0 Å². The van der Waals surface area contributed by atoms with E-state index < -0.39 is 27.8 Å². The number of carbonyl (C=O) groups excluding carboxylic acids is 1. The van der Waals surface area contributed by atoms with Crippen molar-refractivity contribution in [3.8, 4) is 11.5 Å². The highest BCUT2D eigenvalue weighted by atomic mass is 32.2. The molecule has 1 amide bonds. The molecule has 36 heavy (non-hydrogen) atoms. The van der Waals surface area contributed by atoms with Gasteiger partial charge in [0.1, 0.15) is 23.0 Å². The lowest BCUT2D eigenvalue weighted by atomic mass is 9.90. The number of aromatic hydroxyl groups is 1. The summed E-state index contributed by atoms with van der Waals surface area (Å²) in [5, 5.41) is 12.9. The smallest absolute Gasteiger partial charge is 0.364 e. The molecule has 8 nitrogen and oxygen atoms in total. The molecule has 3 aromatic rings. The fraction of sp³-hybridized carbons (Fsp3) is 0.269. The first kappa shape index (κ1) is 25.5. The minimum Gasteiger partial charge on any atom is -0.506 e. The maximum absolute atomic E-state index is 13.3. The van der Waals surface area contributed by atoms with Crippen LogP contribution in [0, 0.1) is 11.7 Å². The number of nitrogens with zero attached hydrogens (tertiary/aromatic N) is 1. The quantitative estimate of drug-likeness (QED) is 0.263. The van der Waals surface area contributed by atoms with Crippen molar-refractivity contribution in [3.05, 3.63) is 78.1 Å². The molecule has 0 saturated heterocycles.